The number of aromatic nitrogens is 1. The van der Waals surface area contributed by atoms with Crippen LogP contribution in [0.2, 0.25) is 0 Å². The second-order valence-corrected chi connectivity index (χ2v) is 5.52. The number of carboxylic acid groups (broad SMARTS) is 1. The molecule has 0 radical (unpaired) electrons. The number of benzene rings is 1. The van der Waals surface area contributed by atoms with Gasteiger partial charge < -0.3 is 10.0 Å². The van der Waals surface area contributed by atoms with Crippen LogP contribution in [0.25, 0.3) is 6.08 Å². The van der Waals surface area contributed by atoms with Crippen molar-refractivity contribution >= 4 is 33.8 Å². The third-order valence-corrected chi connectivity index (χ3v) is 3.38. The minimum Gasteiger partial charge on any atom is -0.478 e. The lowest BCUT2D eigenvalue weighted by atomic mass is 10.2. The molecule has 5 heteroatoms. The van der Waals surface area contributed by atoms with Crippen molar-refractivity contribution < 1.29 is 9.90 Å². The average Bonchev–Trinajstić information content (AvgIpc) is 2.45. The first-order valence-corrected chi connectivity index (χ1v) is 7.16. The molecule has 0 aliphatic rings. The second kappa shape index (κ2) is 7.04. The van der Waals surface area contributed by atoms with Crippen molar-refractivity contribution in [2.45, 2.75) is 6.54 Å². The van der Waals surface area contributed by atoms with E-state index in [-0.39, 0.29) is 0 Å². The molecule has 1 heterocycles. The molecule has 4 nitrogen and oxygen atoms in total. The lowest BCUT2D eigenvalue weighted by molar-refractivity contribution is -0.131. The van der Waals surface area contributed by atoms with Gasteiger partial charge in [-0.05, 0) is 41.5 Å². The number of hydrogen-bond acceptors (Lipinski definition) is 3. The molecule has 1 aromatic heterocycles. The summed E-state index contributed by atoms with van der Waals surface area (Å²) in [6.45, 7) is 0.747. The topological polar surface area (TPSA) is 53.4 Å². The molecule has 0 saturated carbocycles. The monoisotopic (exact) mass is 346 g/mol. The lowest BCUT2D eigenvalue weighted by Gasteiger charge is -2.18. The van der Waals surface area contributed by atoms with Gasteiger partial charge in [0.1, 0.15) is 5.82 Å². The van der Waals surface area contributed by atoms with Crippen LogP contribution >= 0.6 is 15.9 Å². The molecule has 1 N–H and O–H groups in total. The van der Waals surface area contributed by atoms with Crippen LogP contribution in [0.4, 0.5) is 5.82 Å². The first-order valence-electron chi connectivity index (χ1n) is 6.37. The van der Waals surface area contributed by atoms with E-state index in [9.17, 15) is 4.79 Å². The first-order chi connectivity index (χ1) is 10.0. The molecule has 0 atom stereocenters. The maximum Gasteiger partial charge on any atom is 0.328 e. The van der Waals surface area contributed by atoms with Crippen LogP contribution in [0.15, 0.2) is 53.1 Å². The maximum atomic E-state index is 10.5. The number of anilines is 1. The highest BCUT2D eigenvalue weighted by atomic mass is 79.9. The minimum absolute atomic E-state index is 0.747. The molecule has 1 aromatic carbocycles. The molecule has 108 valence electrons. The number of pyridine rings is 1. The van der Waals surface area contributed by atoms with Crippen molar-refractivity contribution in [1.82, 2.24) is 4.98 Å². The van der Waals surface area contributed by atoms with Gasteiger partial charge in [-0.15, -0.1) is 0 Å². The molecule has 0 spiro atoms. The van der Waals surface area contributed by atoms with E-state index in [1.807, 2.05) is 36.2 Å². The Morgan fingerprint density at radius 2 is 2.19 bits per heavy atom. The first kappa shape index (κ1) is 15.3. The highest BCUT2D eigenvalue weighted by Crippen LogP contribution is 2.16. The molecular formula is C16H15BrN2O2. The number of carboxylic acids is 1. The highest BCUT2D eigenvalue weighted by molar-refractivity contribution is 9.10. The van der Waals surface area contributed by atoms with Crippen molar-refractivity contribution in [3.05, 3.63) is 64.3 Å². The zero-order valence-electron chi connectivity index (χ0n) is 11.5. The SMILES string of the molecule is CN(Cc1cccc(Br)c1)c1ccc(/C=C/C(=O)O)cn1. The van der Waals surface area contributed by atoms with Crippen LogP contribution in [-0.4, -0.2) is 23.1 Å². The maximum absolute atomic E-state index is 10.5. The summed E-state index contributed by atoms with van der Waals surface area (Å²) in [5.74, 6) is -0.131. The number of nitrogens with zero attached hydrogens (tertiary/aromatic N) is 2. The van der Waals surface area contributed by atoms with Crippen LogP contribution in [0.5, 0.6) is 0 Å². The third-order valence-electron chi connectivity index (χ3n) is 2.89. The van der Waals surface area contributed by atoms with Gasteiger partial charge in [0.25, 0.3) is 0 Å². The van der Waals surface area contributed by atoms with Crippen molar-refractivity contribution in [1.29, 1.82) is 0 Å². The molecular weight excluding hydrogens is 332 g/mol. The van der Waals surface area contributed by atoms with E-state index in [0.29, 0.717) is 0 Å². The number of carbonyl (C=O) groups is 1. The predicted octanol–water partition coefficient (Wildman–Crippen LogP) is 3.58. The molecule has 0 unspecified atom stereocenters. The normalized spacial score (nSPS) is 10.8. The van der Waals surface area contributed by atoms with Crippen molar-refractivity contribution in [3.8, 4) is 0 Å². The Kier molecular flexibility index (Phi) is 5.11. The van der Waals surface area contributed by atoms with E-state index < -0.39 is 5.97 Å². The summed E-state index contributed by atoms with van der Waals surface area (Å²) in [4.78, 5) is 16.8. The summed E-state index contributed by atoms with van der Waals surface area (Å²) in [6, 6.07) is 11.8. The van der Waals surface area contributed by atoms with Crippen molar-refractivity contribution in [3.63, 3.8) is 0 Å². The quantitative estimate of drug-likeness (QED) is 0.840. The summed E-state index contributed by atoms with van der Waals surface area (Å²) in [5.41, 5.74) is 1.94. The van der Waals surface area contributed by atoms with E-state index in [4.69, 9.17) is 5.11 Å². The zero-order chi connectivity index (χ0) is 15.2. The van der Waals surface area contributed by atoms with E-state index in [1.54, 1.807) is 6.20 Å². The molecule has 2 aromatic rings. The fourth-order valence-corrected chi connectivity index (χ4v) is 2.33. The van der Waals surface area contributed by atoms with Crippen molar-refractivity contribution in [2.75, 3.05) is 11.9 Å². The second-order valence-electron chi connectivity index (χ2n) is 4.61. The van der Waals surface area contributed by atoms with Gasteiger partial charge in [0, 0.05) is 30.3 Å². The van der Waals surface area contributed by atoms with Crippen LogP contribution < -0.4 is 4.90 Å². The summed E-state index contributed by atoms with van der Waals surface area (Å²) in [7, 11) is 1.97. The molecule has 0 bridgehead atoms. The third kappa shape index (κ3) is 4.72. The van der Waals surface area contributed by atoms with Crippen LogP contribution in [0, 0.1) is 0 Å². The fraction of sp³-hybridized carbons (Fsp3) is 0.125. The van der Waals surface area contributed by atoms with E-state index in [1.165, 1.54) is 11.6 Å². The predicted molar refractivity (Wildman–Crippen MR) is 87.2 cm³/mol. The smallest absolute Gasteiger partial charge is 0.328 e. The van der Waals surface area contributed by atoms with Gasteiger partial charge in [-0.3, -0.25) is 0 Å². The molecule has 0 amide bonds. The highest BCUT2D eigenvalue weighted by Gasteiger charge is 2.04. The standard InChI is InChI=1S/C16H15BrN2O2/c1-19(11-13-3-2-4-14(17)9-13)15-7-5-12(10-18-15)6-8-16(20)21/h2-10H,11H2,1H3,(H,20,21)/b8-6+. The Hall–Kier alpha value is -2.14. The molecule has 0 aliphatic carbocycles. The average molecular weight is 347 g/mol. The molecule has 0 fully saturated rings. The van der Waals surface area contributed by atoms with Crippen molar-refractivity contribution in [2.24, 2.45) is 0 Å². The van der Waals surface area contributed by atoms with Gasteiger partial charge in [0.15, 0.2) is 0 Å². The Morgan fingerprint density at radius 3 is 2.81 bits per heavy atom. The Bertz CT molecular complexity index is 654. The number of aliphatic carboxylic acids is 1. The zero-order valence-corrected chi connectivity index (χ0v) is 13.1. The van der Waals surface area contributed by atoms with E-state index >= 15 is 0 Å². The van der Waals surface area contributed by atoms with Gasteiger partial charge in [-0.2, -0.15) is 0 Å². The summed E-state index contributed by atoms with van der Waals surface area (Å²) in [5, 5.41) is 8.58. The van der Waals surface area contributed by atoms with Crippen LogP contribution in [0.3, 0.4) is 0 Å². The molecule has 21 heavy (non-hydrogen) atoms. The Balaban J connectivity index is 2.06. The Morgan fingerprint density at radius 1 is 1.38 bits per heavy atom. The largest absolute Gasteiger partial charge is 0.478 e. The van der Waals surface area contributed by atoms with Crippen LogP contribution in [-0.2, 0) is 11.3 Å². The number of halogens is 1. The van der Waals surface area contributed by atoms with Gasteiger partial charge in [0.2, 0.25) is 0 Å². The van der Waals surface area contributed by atoms with Crippen LogP contribution in [0.1, 0.15) is 11.1 Å². The fourth-order valence-electron chi connectivity index (χ4n) is 1.88. The minimum atomic E-state index is -0.967. The summed E-state index contributed by atoms with van der Waals surface area (Å²) >= 11 is 3.46. The number of hydrogen-bond donors (Lipinski definition) is 1. The Labute approximate surface area is 131 Å². The van der Waals surface area contributed by atoms with Gasteiger partial charge in [0.05, 0.1) is 0 Å². The lowest BCUT2D eigenvalue weighted by Crippen LogP contribution is -2.17. The van der Waals surface area contributed by atoms with Gasteiger partial charge in [-0.1, -0.05) is 28.1 Å². The summed E-state index contributed by atoms with van der Waals surface area (Å²) in [6.07, 6.45) is 4.28. The van der Waals surface area contributed by atoms with E-state index in [0.717, 1.165) is 28.5 Å². The van der Waals surface area contributed by atoms with E-state index in [2.05, 4.69) is 33.0 Å². The van der Waals surface area contributed by atoms with Gasteiger partial charge in [-0.25, -0.2) is 9.78 Å². The molecule has 2 rings (SSSR count). The van der Waals surface area contributed by atoms with Gasteiger partial charge >= 0.3 is 5.97 Å². The number of rotatable bonds is 5. The molecule has 0 saturated heterocycles. The molecule has 0 aliphatic heterocycles. The summed E-state index contributed by atoms with van der Waals surface area (Å²) < 4.78 is 1.05.